The van der Waals surface area contributed by atoms with Gasteiger partial charge in [0.25, 0.3) is 0 Å². The Bertz CT molecular complexity index is 506. The van der Waals surface area contributed by atoms with Crippen molar-refractivity contribution in [2.75, 3.05) is 23.3 Å². The molecule has 1 aromatic rings. The Morgan fingerprint density at radius 3 is 2.50 bits per heavy atom. The van der Waals surface area contributed by atoms with E-state index in [2.05, 4.69) is 30.5 Å². The van der Waals surface area contributed by atoms with Crippen LogP contribution < -0.4 is 11.1 Å². The first kappa shape index (κ1) is 15.2. The zero-order valence-electron chi connectivity index (χ0n) is 11.3. The predicted molar refractivity (Wildman–Crippen MR) is 76.8 cm³/mol. The van der Waals surface area contributed by atoms with Crippen molar-refractivity contribution in [3.8, 4) is 0 Å². The van der Waals surface area contributed by atoms with Crippen molar-refractivity contribution in [2.45, 2.75) is 39.0 Å². The lowest BCUT2D eigenvalue weighted by Gasteiger charge is -2.23. The molecule has 18 heavy (non-hydrogen) atoms. The van der Waals surface area contributed by atoms with Gasteiger partial charge in [-0.25, -0.2) is 8.42 Å². The molecule has 0 aliphatic carbocycles. The zero-order chi connectivity index (χ0) is 14.0. The van der Waals surface area contributed by atoms with Crippen LogP contribution in [-0.2, 0) is 9.84 Å². The van der Waals surface area contributed by atoms with Gasteiger partial charge in [-0.2, -0.15) is 4.37 Å². The van der Waals surface area contributed by atoms with Gasteiger partial charge in [-0.05, 0) is 23.4 Å². The molecule has 0 aliphatic rings. The molecule has 3 N–H and O–H groups in total. The van der Waals surface area contributed by atoms with E-state index < -0.39 is 9.84 Å². The summed E-state index contributed by atoms with van der Waals surface area (Å²) < 4.78 is 27.8. The zero-order valence-corrected chi connectivity index (χ0v) is 12.9. The molecule has 0 atom stereocenters. The molecular weight excluding hydrogens is 270 g/mol. The van der Waals surface area contributed by atoms with Crippen LogP contribution in [0.25, 0.3) is 0 Å². The number of hydrogen-bond acceptors (Lipinski definition) is 6. The van der Waals surface area contributed by atoms with E-state index in [1.54, 1.807) is 6.92 Å². The highest BCUT2D eigenvalue weighted by atomic mass is 32.2. The Morgan fingerprint density at radius 2 is 2.00 bits per heavy atom. The normalized spacial score (nSPS) is 12.7. The van der Waals surface area contributed by atoms with E-state index >= 15 is 0 Å². The number of nitrogens with one attached hydrogen (secondary N) is 1. The molecule has 0 aromatic carbocycles. The van der Waals surface area contributed by atoms with Gasteiger partial charge in [-0.3, -0.25) is 0 Å². The lowest BCUT2D eigenvalue weighted by atomic mass is 9.90. The Hall–Kier alpha value is -0.820. The van der Waals surface area contributed by atoms with E-state index in [1.165, 1.54) is 0 Å². The SMILES string of the molecule is CCC(C)(C)CNc1snc(N)c1S(=O)(=O)CC. The highest BCUT2D eigenvalue weighted by Gasteiger charge is 2.25. The molecule has 0 bridgehead atoms. The highest BCUT2D eigenvalue weighted by Crippen LogP contribution is 2.33. The molecule has 0 saturated carbocycles. The van der Waals surface area contributed by atoms with Gasteiger partial charge in [-0.15, -0.1) is 0 Å². The Morgan fingerprint density at radius 1 is 1.39 bits per heavy atom. The summed E-state index contributed by atoms with van der Waals surface area (Å²) in [4.78, 5) is 0.155. The lowest BCUT2D eigenvalue weighted by Crippen LogP contribution is -2.22. The van der Waals surface area contributed by atoms with Gasteiger partial charge in [0.2, 0.25) is 0 Å². The smallest absolute Gasteiger partial charge is 0.184 e. The molecule has 7 heteroatoms. The fraction of sp³-hybridized carbons (Fsp3) is 0.727. The van der Waals surface area contributed by atoms with Crippen LogP contribution in [0.3, 0.4) is 0 Å². The summed E-state index contributed by atoms with van der Waals surface area (Å²) in [5, 5.41) is 3.71. The molecule has 0 amide bonds. The molecule has 0 unspecified atom stereocenters. The van der Waals surface area contributed by atoms with Gasteiger partial charge in [0.15, 0.2) is 15.7 Å². The van der Waals surface area contributed by atoms with Crippen LogP contribution in [0.2, 0.25) is 0 Å². The van der Waals surface area contributed by atoms with Gasteiger partial charge < -0.3 is 11.1 Å². The number of anilines is 2. The first-order valence-corrected chi connectivity index (χ1v) is 8.38. The minimum atomic E-state index is -3.33. The number of hydrogen-bond donors (Lipinski definition) is 2. The van der Waals surface area contributed by atoms with Gasteiger partial charge in [0, 0.05) is 6.54 Å². The fourth-order valence-corrected chi connectivity index (χ4v) is 3.46. The molecule has 0 fully saturated rings. The maximum Gasteiger partial charge on any atom is 0.184 e. The van der Waals surface area contributed by atoms with Gasteiger partial charge in [0.05, 0.1) is 5.75 Å². The quantitative estimate of drug-likeness (QED) is 0.840. The summed E-state index contributed by atoms with van der Waals surface area (Å²) in [7, 11) is -3.33. The monoisotopic (exact) mass is 291 g/mol. The first-order chi connectivity index (χ1) is 8.23. The third-order valence-corrected chi connectivity index (χ3v) is 5.79. The molecular formula is C11H21N3O2S2. The Kier molecular flexibility index (Phi) is 4.61. The summed E-state index contributed by atoms with van der Waals surface area (Å²) in [6.07, 6.45) is 1.00. The van der Waals surface area contributed by atoms with E-state index in [0.717, 1.165) is 18.0 Å². The largest absolute Gasteiger partial charge is 0.382 e. The summed E-state index contributed by atoms with van der Waals surface area (Å²) in [5.74, 6) is 0.125. The minimum absolute atomic E-state index is 0.0292. The second-order valence-corrected chi connectivity index (χ2v) is 7.99. The van der Waals surface area contributed by atoms with E-state index in [4.69, 9.17) is 5.73 Å². The average Bonchev–Trinajstić information content (AvgIpc) is 2.69. The number of aromatic nitrogens is 1. The minimum Gasteiger partial charge on any atom is -0.382 e. The van der Waals surface area contributed by atoms with Crippen LogP contribution in [0.4, 0.5) is 10.8 Å². The van der Waals surface area contributed by atoms with Gasteiger partial charge in [-0.1, -0.05) is 27.7 Å². The second-order valence-electron chi connectivity index (χ2n) is 5.00. The van der Waals surface area contributed by atoms with Crippen molar-refractivity contribution in [1.82, 2.24) is 4.37 Å². The third-order valence-electron chi connectivity index (χ3n) is 3.05. The maximum absolute atomic E-state index is 11.9. The van der Waals surface area contributed by atoms with Crippen molar-refractivity contribution in [3.05, 3.63) is 0 Å². The number of rotatable bonds is 6. The van der Waals surface area contributed by atoms with Crippen molar-refractivity contribution in [1.29, 1.82) is 0 Å². The van der Waals surface area contributed by atoms with Crippen molar-refractivity contribution < 1.29 is 8.42 Å². The maximum atomic E-state index is 11.9. The summed E-state index contributed by atoms with van der Waals surface area (Å²) in [5.41, 5.74) is 5.76. The molecule has 104 valence electrons. The van der Waals surface area contributed by atoms with Gasteiger partial charge >= 0.3 is 0 Å². The van der Waals surface area contributed by atoms with Crippen molar-refractivity contribution >= 4 is 32.2 Å². The van der Waals surface area contributed by atoms with Crippen LogP contribution in [0, 0.1) is 5.41 Å². The van der Waals surface area contributed by atoms with Crippen LogP contribution in [0.15, 0.2) is 4.90 Å². The summed E-state index contributed by atoms with van der Waals surface area (Å²) in [6.45, 7) is 8.65. The summed E-state index contributed by atoms with van der Waals surface area (Å²) in [6, 6.07) is 0. The van der Waals surface area contributed by atoms with E-state index in [-0.39, 0.29) is 21.9 Å². The van der Waals surface area contributed by atoms with Crippen LogP contribution in [-0.4, -0.2) is 25.1 Å². The number of sulfone groups is 1. The lowest BCUT2D eigenvalue weighted by molar-refractivity contribution is 0.377. The molecule has 5 nitrogen and oxygen atoms in total. The van der Waals surface area contributed by atoms with Crippen molar-refractivity contribution in [3.63, 3.8) is 0 Å². The highest BCUT2D eigenvalue weighted by molar-refractivity contribution is 7.91. The second kappa shape index (κ2) is 5.44. The van der Waals surface area contributed by atoms with E-state index in [9.17, 15) is 8.42 Å². The molecule has 0 aliphatic heterocycles. The third kappa shape index (κ3) is 3.35. The van der Waals surface area contributed by atoms with Crippen LogP contribution in [0.1, 0.15) is 34.1 Å². The Balaban J connectivity index is 2.99. The number of nitrogens with zero attached hydrogens (tertiary/aromatic N) is 1. The number of nitrogens with two attached hydrogens (primary N) is 1. The fourth-order valence-electron chi connectivity index (χ4n) is 1.30. The van der Waals surface area contributed by atoms with Crippen LogP contribution >= 0.6 is 11.5 Å². The number of nitrogen functional groups attached to an aromatic ring is 1. The molecule has 1 aromatic heterocycles. The van der Waals surface area contributed by atoms with E-state index in [0.29, 0.717) is 11.5 Å². The molecule has 1 heterocycles. The average molecular weight is 291 g/mol. The predicted octanol–water partition coefficient (Wildman–Crippen LogP) is 2.37. The first-order valence-electron chi connectivity index (χ1n) is 5.95. The molecule has 0 spiro atoms. The standard InChI is InChI=1S/C11H21N3O2S2/c1-5-11(3,4)7-13-10-8(9(12)14-17-10)18(15,16)6-2/h13H,5-7H2,1-4H3,(H2,12,14). The topological polar surface area (TPSA) is 85.1 Å². The molecule has 1 rings (SSSR count). The molecule has 0 saturated heterocycles. The van der Waals surface area contributed by atoms with Crippen LogP contribution in [0.5, 0.6) is 0 Å². The molecule has 0 radical (unpaired) electrons. The van der Waals surface area contributed by atoms with E-state index in [1.807, 2.05) is 0 Å². The van der Waals surface area contributed by atoms with Gasteiger partial charge in [0.1, 0.15) is 9.90 Å². The summed E-state index contributed by atoms with van der Waals surface area (Å²) >= 11 is 1.10. The van der Waals surface area contributed by atoms with Crippen molar-refractivity contribution in [2.24, 2.45) is 5.41 Å². The Labute approximate surface area is 113 Å².